The van der Waals surface area contributed by atoms with E-state index in [1.165, 1.54) is 12.0 Å². The molecule has 0 bridgehead atoms. The van der Waals surface area contributed by atoms with Gasteiger partial charge in [-0.2, -0.15) is 0 Å². The van der Waals surface area contributed by atoms with Gasteiger partial charge in [0.05, 0.1) is 34.2 Å². The zero-order valence-electron chi connectivity index (χ0n) is 18.2. The van der Waals surface area contributed by atoms with Crippen LogP contribution in [0.25, 0.3) is 16.8 Å². The number of halogens is 1. The molecule has 0 saturated carbocycles. The number of carbonyl (C=O) groups is 2. The average Bonchev–Trinajstić information content (AvgIpc) is 3.37. The SMILES string of the molecule is COc1ccc(/C(O)=C2\C(=O)C(=O)N(c3nc4ccc(C)cc4[nH]3)C2c2cccnc2)cc1Br. The molecule has 2 aromatic carbocycles. The number of pyridine rings is 1. The first kappa shape index (κ1) is 21.8. The molecule has 2 aromatic heterocycles. The molecule has 2 N–H and O–H groups in total. The molecule has 0 spiro atoms. The maximum atomic E-state index is 13.3. The van der Waals surface area contributed by atoms with E-state index >= 15 is 0 Å². The van der Waals surface area contributed by atoms with Crippen molar-refractivity contribution in [1.82, 2.24) is 15.0 Å². The van der Waals surface area contributed by atoms with Crippen molar-refractivity contribution in [1.29, 1.82) is 0 Å². The van der Waals surface area contributed by atoms with Gasteiger partial charge >= 0.3 is 5.91 Å². The summed E-state index contributed by atoms with van der Waals surface area (Å²) in [5.41, 5.74) is 3.30. The normalized spacial score (nSPS) is 17.5. The number of imidazole rings is 1. The lowest BCUT2D eigenvalue weighted by molar-refractivity contribution is -0.132. The number of H-pyrrole nitrogens is 1. The molecule has 1 aliphatic rings. The number of fused-ring (bicyclic) bond motifs is 1. The van der Waals surface area contributed by atoms with Gasteiger partial charge in [-0.15, -0.1) is 0 Å². The molecule has 8 nitrogen and oxygen atoms in total. The van der Waals surface area contributed by atoms with E-state index in [0.717, 1.165) is 11.1 Å². The summed E-state index contributed by atoms with van der Waals surface area (Å²) in [5, 5.41) is 11.2. The fourth-order valence-corrected chi connectivity index (χ4v) is 4.64. The van der Waals surface area contributed by atoms with Crippen LogP contribution in [0.15, 0.2) is 71.0 Å². The van der Waals surface area contributed by atoms with Gasteiger partial charge in [0.1, 0.15) is 11.5 Å². The Balaban J connectivity index is 1.71. The number of aliphatic hydroxyl groups is 1. The minimum atomic E-state index is -0.920. The molecule has 9 heteroatoms. The van der Waals surface area contributed by atoms with Crippen molar-refractivity contribution in [3.8, 4) is 5.75 Å². The monoisotopic (exact) mass is 518 g/mol. The van der Waals surface area contributed by atoms with Crippen molar-refractivity contribution in [2.24, 2.45) is 0 Å². The third kappa shape index (κ3) is 3.54. The topological polar surface area (TPSA) is 108 Å². The number of amides is 1. The van der Waals surface area contributed by atoms with Gasteiger partial charge < -0.3 is 14.8 Å². The molecule has 1 amide bonds. The number of aromatic nitrogens is 3. The number of hydrogen-bond donors (Lipinski definition) is 2. The van der Waals surface area contributed by atoms with E-state index in [1.54, 1.807) is 42.7 Å². The Bertz CT molecular complexity index is 1480. The summed E-state index contributed by atoms with van der Waals surface area (Å²) in [5.74, 6) is -1.12. The van der Waals surface area contributed by atoms with Crippen LogP contribution in [0.4, 0.5) is 5.95 Å². The smallest absolute Gasteiger partial charge is 0.302 e. The van der Waals surface area contributed by atoms with Crippen molar-refractivity contribution in [2.45, 2.75) is 13.0 Å². The van der Waals surface area contributed by atoms with Crippen LogP contribution in [0, 0.1) is 6.92 Å². The van der Waals surface area contributed by atoms with Crippen LogP contribution in [0.1, 0.15) is 22.7 Å². The molecule has 4 aromatic rings. The molecule has 1 fully saturated rings. The van der Waals surface area contributed by atoms with Crippen LogP contribution in [0.2, 0.25) is 0 Å². The van der Waals surface area contributed by atoms with Gasteiger partial charge in [0.15, 0.2) is 0 Å². The summed E-state index contributed by atoms with van der Waals surface area (Å²) in [7, 11) is 1.53. The summed E-state index contributed by atoms with van der Waals surface area (Å²) < 4.78 is 5.85. The van der Waals surface area contributed by atoms with Gasteiger partial charge in [-0.1, -0.05) is 12.1 Å². The van der Waals surface area contributed by atoms with Crippen LogP contribution in [-0.4, -0.2) is 38.9 Å². The van der Waals surface area contributed by atoms with Gasteiger partial charge in [-0.05, 0) is 70.4 Å². The highest BCUT2D eigenvalue weighted by Crippen LogP contribution is 2.42. The number of ether oxygens (including phenoxy) is 1. The quantitative estimate of drug-likeness (QED) is 0.231. The van der Waals surface area contributed by atoms with E-state index < -0.39 is 17.7 Å². The fraction of sp³-hybridized carbons (Fsp3) is 0.120. The van der Waals surface area contributed by atoms with Gasteiger partial charge in [0, 0.05) is 18.0 Å². The number of aromatic amines is 1. The predicted molar refractivity (Wildman–Crippen MR) is 131 cm³/mol. The van der Waals surface area contributed by atoms with Gasteiger partial charge in [-0.3, -0.25) is 19.5 Å². The highest BCUT2D eigenvalue weighted by Gasteiger charge is 2.48. The minimum absolute atomic E-state index is 0.0493. The zero-order valence-corrected chi connectivity index (χ0v) is 19.8. The summed E-state index contributed by atoms with van der Waals surface area (Å²) in [6.45, 7) is 1.95. The van der Waals surface area contributed by atoms with E-state index in [0.29, 0.717) is 26.9 Å². The Hall–Kier alpha value is -3.98. The molecule has 5 rings (SSSR count). The first-order valence-corrected chi connectivity index (χ1v) is 11.2. The Morgan fingerprint density at radius 3 is 2.71 bits per heavy atom. The number of rotatable bonds is 4. The molecular weight excluding hydrogens is 500 g/mol. The second-order valence-corrected chi connectivity index (χ2v) is 8.74. The third-order valence-electron chi connectivity index (χ3n) is 5.72. The van der Waals surface area contributed by atoms with Crippen LogP contribution < -0.4 is 9.64 Å². The molecule has 0 aliphatic carbocycles. The van der Waals surface area contributed by atoms with Crippen molar-refractivity contribution in [3.63, 3.8) is 0 Å². The second kappa shape index (κ2) is 8.42. The van der Waals surface area contributed by atoms with Crippen molar-refractivity contribution in [2.75, 3.05) is 12.0 Å². The van der Waals surface area contributed by atoms with Gasteiger partial charge in [0.25, 0.3) is 5.78 Å². The second-order valence-electron chi connectivity index (χ2n) is 7.89. The van der Waals surface area contributed by atoms with Crippen molar-refractivity contribution in [3.05, 3.63) is 87.7 Å². The molecule has 1 aliphatic heterocycles. The standard InChI is InChI=1S/C25H19BrN4O4/c1-13-5-7-17-18(10-13)29-25(28-17)30-21(15-4-3-9-27-12-15)20(23(32)24(30)33)22(31)14-6-8-19(34-2)16(26)11-14/h3-12,21,31H,1-2H3,(H,28,29)/b22-20+. The number of ketones is 1. The number of anilines is 1. The molecule has 1 saturated heterocycles. The Kier molecular flexibility index (Phi) is 5.41. The number of aryl methyl sites for hydroxylation is 1. The number of nitrogens with one attached hydrogen (secondary N) is 1. The van der Waals surface area contributed by atoms with Crippen LogP contribution >= 0.6 is 15.9 Å². The number of Topliss-reactive ketones (excluding diaryl/α,β-unsaturated/α-hetero) is 1. The maximum absolute atomic E-state index is 13.3. The van der Waals surface area contributed by atoms with Crippen molar-refractivity contribution < 1.29 is 19.4 Å². The van der Waals surface area contributed by atoms with Gasteiger partial charge in [0.2, 0.25) is 5.95 Å². The molecule has 1 unspecified atom stereocenters. The highest BCUT2D eigenvalue weighted by molar-refractivity contribution is 9.10. The number of carbonyl (C=O) groups excluding carboxylic acids is 2. The Morgan fingerprint density at radius 2 is 2.00 bits per heavy atom. The molecular formula is C25H19BrN4O4. The Morgan fingerprint density at radius 1 is 1.18 bits per heavy atom. The first-order valence-electron chi connectivity index (χ1n) is 10.4. The summed E-state index contributed by atoms with van der Waals surface area (Å²) >= 11 is 3.40. The zero-order chi connectivity index (χ0) is 24.0. The molecule has 1 atom stereocenters. The van der Waals surface area contributed by atoms with Crippen LogP contribution in [-0.2, 0) is 9.59 Å². The van der Waals surface area contributed by atoms with Gasteiger partial charge in [-0.25, -0.2) is 4.98 Å². The number of benzene rings is 2. The van der Waals surface area contributed by atoms with Crippen LogP contribution in [0.5, 0.6) is 5.75 Å². The lowest BCUT2D eigenvalue weighted by atomic mass is 9.96. The van der Waals surface area contributed by atoms with E-state index in [2.05, 4.69) is 30.9 Å². The molecule has 170 valence electrons. The third-order valence-corrected chi connectivity index (χ3v) is 6.34. The molecule has 0 radical (unpaired) electrons. The van der Waals surface area contributed by atoms with E-state index in [-0.39, 0.29) is 17.3 Å². The molecule has 3 heterocycles. The summed E-state index contributed by atoms with van der Waals surface area (Å²) in [6.07, 6.45) is 3.16. The number of aliphatic hydroxyl groups excluding tert-OH is 1. The minimum Gasteiger partial charge on any atom is -0.507 e. The Labute approximate surface area is 203 Å². The average molecular weight is 519 g/mol. The summed E-state index contributed by atoms with van der Waals surface area (Å²) in [4.78, 5) is 39.7. The van der Waals surface area contributed by atoms with Crippen molar-refractivity contribution >= 4 is 50.4 Å². The number of methoxy groups -OCH3 is 1. The lowest BCUT2D eigenvalue weighted by Crippen LogP contribution is -2.30. The predicted octanol–water partition coefficient (Wildman–Crippen LogP) is 4.66. The molecule has 34 heavy (non-hydrogen) atoms. The van der Waals surface area contributed by atoms with E-state index in [1.807, 2.05) is 25.1 Å². The fourth-order valence-electron chi connectivity index (χ4n) is 4.10. The van der Waals surface area contributed by atoms with E-state index in [9.17, 15) is 14.7 Å². The maximum Gasteiger partial charge on any atom is 0.302 e. The lowest BCUT2D eigenvalue weighted by Gasteiger charge is -2.22. The number of hydrogen-bond acceptors (Lipinski definition) is 6. The first-order chi connectivity index (χ1) is 16.4. The van der Waals surface area contributed by atoms with Crippen LogP contribution in [0.3, 0.4) is 0 Å². The highest BCUT2D eigenvalue weighted by atomic mass is 79.9. The number of nitrogens with zero attached hydrogens (tertiary/aromatic N) is 3. The largest absolute Gasteiger partial charge is 0.507 e. The van der Waals surface area contributed by atoms with E-state index in [4.69, 9.17) is 4.74 Å². The summed E-state index contributed by atoms with van der Waals surface area (Å²) in [6, 6.07) is 13.1.